The predicted octanol–water partition coefficient (Wildman–Crippen LogP) is 2.53. The molecule has 1 aromatic carbocycles. The Kier molecular flexibility index (Phi) is 7.27. The number of rotatable bonds is 5. The molecule has 1 aromatic rings. The molecular formula is C15H21ClFN3O2. The lowest BCUT2D eigenvalue weighted by molar-refractivity contribution is -0.116. The van der Waals surface area contributed by atoms with Gasteiger partial charge in [-0.3, -0.25) is 9.59 Å². The molecule has 0 spiro atoms. The Morgan fingerprint density at radius 3 is 2.77 bits per heavy atom. The molecule has 22 heavy (non-hydrogen) atoms. The molecule has 2 amide bonds. The van der Waals surface area contributed by atoms with Gasteiger partial charge in [-0.2, -0.15) is 0 Å². The van der Waals surface area contributed by atoms with Crippen LogP contribution >= 0.6 is 12.4 Å². The van der Waals surface area contributed by atoms with E-state index in [9.17, 15) is 14.0 Å². The van der Waals surface area contributed by atoms with Crippen LogP contribution in [0.5, 0.6) is 0 Å². The highest BCUT2D eigenvalue weighted by Gasteiger charge is 2.16. The van der Waals surface area contributed by atoms with Gasteiger partial charge in [0.25, 0.3) is 0 Å². The summed E-state index contributed by atoms with van der Waals surface area (Å²) in [5.74, 6) is -0.424. The molecule has 5 nitrogen and oxygen atoms in total. The van der Waals surface area contributed by atoms with E-state index in [1.165, 1.54) is 25.1 Å². The number of anilines is 2. The second-order valence-electron chi connectivity index (χ2n) is 5.32. The lowest BCUT2D eigenvalue weighted by atomic mass is 10.0. The molecule has 7 heteroatoms. The smallest absolute Gasteiger partial charge is 0.224 e. The number of hydrogen-bond acceptors (Lipinski definition) is 3. The van der Waals surface area contributed by atoms with Crippen LogP contribution in [-0.2, 0) is 9.59 Å². The molecule has 122 valence electrons. The van der Waals surface area contributed by atoms with Gasteiger partial charge in [0.2, 0.25) is 11.8 Å². The van der Waals surface area contributed by atoms with Gasteiger partial charge in [-0.25, -0.2) is 4.39 Å². The van der Waals surface area contributed by atoms with Crippen LogP contribution in [0, 0.1) is 11.7 Å². The molecule has 1 unspecified atom stereocenters. The van der Waals surface area contributed by atoms with Crippen molar-refractivity contribution in [3.05, 3.63) is 24.0 Å². The van der Waals surface area contributed by atoms with Crippen LogP contribution in [0.4, 0.5) is 15.8 Å². The Hall–Kier alpha value is -1.66. The molecule has 1 fully saturated rings. The maximum atomic E-state index is 13.5. The van der Waals surface area contributed by atoms with Crippen LogP contribution in [0.25, 0.3) is 0 Å². The van der Waals surface area contributed by atoms with Crippen LogP contribution in [0.15, 0.2) is 18.2 Å². The number of halogens is 2. The third-order valence-electron chi connectivity index (χ3n) is 3.50. The van der Waals surface area contributed by atoms with Gasteiger partial charge < -0.3 is 16.0 Å². The highest BCUT2D eigenvalue weighted by Crippen LogP contribution is 2.20. The van der Waals surface area contributed by atoms with Crippen LogP contribution in [0.3, 0.4) is 0 Å². The second-order valence-corrected chi connectivity index (χ2v) is 5.32. The van der Waals surface area contributed by atoms with Crippen molar-refractivity contribution in [3.63, 3.8) is 0 Å². The summed E-state index contributed by atoms with van der Waals surface area (Å²) in [7, 11) is 0. The first-order valence-corrected chi connectivity index (χ1v) is 7.12. The topological polar surface area (TPSA) is 70.2 Å². The van der Waals surface area contributed by atoms with Gasteiger partial charge >= 0.3 is 0 Å². The lowest BCUT2D eigenvalue weighted by Gasteiger charge is -2.10. The number of carbonyl (C=O) groups is 2. The first-order valence-electron chi connectivity index (χ1n) is 7.12. The maximum absolute atomic E-state index is 13.5. The minimum Gasteiger partial charge on any atom is -0.326 e. The Morgan fingerprint density at radius 1 is 1.36 bits per heavy atom. The van der Waals surface area contributed by atoms with Crippen molar-refractivity contribution >= 4 is 35.6 Å². The van der Waals surface area contributed by atoms with E-state index in [0.717, 1.165) is 25.9 Å². The molecule has 2 rings (SSSR count). The van der Waals surface area contributed by atoms with Crippen molar-refractivity contribution in [2.45, 2.75) is 26.2 Å². The molecular weight excluding hydrogens is 309 g/mol. The molecule has 0 bridgehead atoms. The zero-order valence-corrected chi connectivity index (χ0v) is 13.3. The molecule has 1 aliphatic heterocycles. The van der Waals surface area contributed by atoms with Gasteiger partial charge in [-0.1, -0.05) is 0 Å². The Balaban J connectivity index is 0.00000242. The summed E-state index contributed by atoms with van der Waals surface area (Å²) in [6.45, 7) is 3.29. The van der Waals surface area contributed by atoms with Crippen LogP contribution < -0.4 is 16.0 Å². The third kappa shape index (κ3) is 5.61. The van der Waals surface area contributed by atoms with E-state index < -0.39 is 5.82 Å². The van der Waals surface area contributed by atoms with E-state index in [-0.39, 0.29) is 29.9 Å². The Labute approximate surface area is 135 Å². The van der Waals surface area contributed by atoms with Crippen LogP contribution in [-0.4, -0.2) is 24.9 Å². The quantitative estimate of drug-likeness (QED) is 0.777. The number of carbonyl (C=O) groups excluding carboxylic acids is 2. The van der Waals surface area contributed by atoms with Gasteiger partial charge in [-0.05, 0) is 50.0 Å². The van der Waals surface area contributed by atoms with Gasteiger partial charge in [0.1, 0.15) is 5.82 Å². The second kappa shape index (κ2) is 8.70. The van der Waals surface area contributed by atoms with Crippen molar-refractivity contribution in [2.24, 2.45) is 5.92 Å². The Morgan fingerprint density at radius 2 is 2.14 bits per heavy atom. The summed E-state index contributed by atoms with van der Waals surface area (Å²) < 4.78 is 13.5. The van der Waals surface area contributed by atoms with E-state index in [4.69, 9.17) is 0 Å². The summed E-state index contributed by atoms with van der Waals surface area (Å²) >= 11 is 0. The number of hydrogen-bond donors (Lipinski definition) is 3. The molecule has 1 aliphatic rings. The van der Waals surface area contributed by atoms with Crippen LogP contribution in [0.2, 0.25) is 0 Å². The average molecular weight is 330 g/mol. The van der Waals surface area contributed by atoms with Crippen molar-refractivity contribution in [1.29, 1.82) is 0 Å². The highest BCUT2D eigenvalue weighted by atomic mass is 35.5. The fourth-order valence-electron chi connectivity index (χ4n) is 2.41. The molecule has 0 saturated carbocycles. The average Bonchev–Trinajstić information content (AvgIpc) is 2.93. The van der Waals surface area contributed by atoms with E-state index >= 15 is 0 Å². The highest BCUT2D eigenvalue weighted by molar-refractivity contribution is 5.93. The third-order valence-corrected chi connectivity index (χ3v) is 3.50. The molecule has 3 N–H and O–H groups in total. The van der Waals surface area contributed by atoms with Crippen molar-refractivity contribution in [2.75, 3.05) is 23.7 Å². The predicted molar refractivity (Wildman–Crippen MR) is 86.8 cm³/mol. The van der Waals surface area contributed by atoms with E-state index in [1.807, 2.05) is 0 Å². The lowest BCUT2D eigenvalue weighted by Crippen LogP contribution is -2.15. The number of nitrogens with one attached hydrogen (secondary N) is 3. The fraction of sp³-hybridized carbons (Fsp3) is 0.467. The summed E-state index contributed by atoms with van der Waals surface area (Å²) in [5, 5.41) is 8.38. The normalized spacial score (nSPS) is 16.7. The van der Waals surface area contributed by atoms with Gasteiger partial charge in [0.05, 0.1) is 5.69 Å². The van der Waals surface area contributed by atoms with Gasteiger partial charge in [0.15, 0.2) is 0 Å². The van der Waals surface area contributed by atoms with E-state index in [1.54, 1.807) is 0 Å². The van der Waals surface area contributed by atoms with E-state index in [2.05, 4.69) is 16.0 Å². The monoisotopic (exact) mass is 329 g/mol. The molecule has 0 aromatic heterocycles. The summed E-state index contributed by atoms with van der Waals surface area (Å²) in [4.78, 5) is 22.9. The molecule has 0 radical (unpaired) electrons. The zero-order chi connectivity index (χ0) is 15.2. The minimum atomic E-state index is -0.528. The summed E-state index contributed by atoms with van der Waals surface area (Å²) in [6, 6.07) is 4.13. The van der Waals surface area contributed by atoms with Crippen LogP contribution in [0.1, 0.15) is 26.2 Å². The maximum Gasteiger partial charge on any atom is 0.224 e. The number of amides is 2. The van der Waals surface area contributed by atoms with E-state index in [0.29, 0.717) is 18.0 Å². The summed E-state index contributed by atoms with van der Waals surface area (Å²) in [5.41, 5.74) is 0.551. The Bertz CT molecular complexity index is 534. The standard InChI is InChI=1S/C15H20FN3O2.ClH/c1-10(20)18-14-8-12(3-4-13(14)16)19-15(21)5-2-11-6-7-17-9-11;/h3-4,8,11,17H,2,5-7,9H2,1H3,(H,18,20)(H,19,21);1H. The molecule has 1 atom stereocenters. The first-order chi connectivity index (χ1) is 10.0. The fourth-order valence-corrected chi connectivity index (χ4v) is 2.41. The molecule has 1 heterocycles. The van der Waals surface area contributed by atoms with Crippen molar-refractivity contribution < 1.29 is 14.0 Å². The SMILES string of the molecule is CC(=O)Nc1cc(NC(=O)CCC2CCNC2)ccc1F.Cl. The van der Waals surface area contributed by atoms with Gasteiger partial charge in [0, 0.05) is 19.0 Å². The molecule has 0 aliphatic carbocycles. The largest absolute Gasteiger partial charge is 0.326 e. The van der Waals surface area contributed by atoms with Crippen molar-refractivity contribution in [1.82, 2.24) is 5.32 Å². The van der Waals surface area contributed by atoms with Gasteiger partial charge in [-0.15, -0.1) is 12.4 Å². The molecule has 1 saturated heterocycles. The zero-order valence-electron chi connectivity index (χ0n) is 12.4. The minimum absolute atomic E-state index is 0. The summed E-state index contributed by atoms with van der Waals surface area (Å²) in [6.07, 6.45) is 2.40. The number of benzene rings is 1. The van der Waals surface area contributed by atoms with Crippen molar-refractivity contribution in [3.8, 4) is 0 Å². The first kappa shape index (κ1) is 18.4.